The number of benzene rings is 3. The predicted molar refractivity (Wildman–Crippen MR) is 166 cm³/mol. The molecule has 0 aromatic heterocycles. The molecule has 0 radical (unpaired) electrons. The SMILES string of the molecule is N#CCC(OP(=O)(OC(CC#N)c1ccc(Cl)cc1Cl)SC(CC#N)c1ccc(Cl)cc1Cl)c1ccc(Cl)cc1Cl. The van der Waals surface area contributed by atoms with Crippen molar-refractivity contribution in [3.05, 3.63) is 101 Å². The summed E-state index contributed by atoms with van der Waals surface area (Å²) in [5.41, 5.74) is 1.13. The Morgan fingerprint density at radius 1 is 0.634 bits per heavy atom. The zero-order valence-electron chi connectivity index (χ0n) is 20.7. The van der Waals surface area contributed by atoms with Crippen molar-refractivity contribution in [1.29, 1.82) is 15.8 Å². The molecule has 0 saturated carbocycles. The summed E-state index contributed by atoms with van der Waals surface area (Å²) in [6.07, 6.45) is -2.92. The second-order valence-corrected chi connectivity index (χ2v) is 14.9. The van der Waals surface area contributed by atoms with Gasteiger partial charge in [0.2, 0.25) is 0 Å². The van der Waals surface area contributed by atoms with Gasteiger partial charge in [-0.15, -0.1) is 0 Å². The maximum Gasteiger partial charge on any atom is 0.391 e. The number of rotatable bonds is 12. The van der Waals surface area contributed by atoms with Gasteiger partial charge >= 0.3 is 6.80 Å². The van der Waals surface area contributed by atoms with Gasteiger partial charge in [0, 0.05) is 41.3 Å². The molecule has 0 aliphatic heterocycles. The Morgan fingerprint density at radius 3 is 1.34 bits per heavy atom. The van der Waals surface area contributed by atoms with Crippen LogP contribution in [0.1, 0.15) is 53.4 Å². The molecular weight excluding hydrogens is 690 g/mol. The van der Waals surface area contributed by atoms with Crippen LogP contribution in [0.4, 0.5) is 0 Å². The van der Waals surface area contributed by atoms with Gasteiger partial charge < -0.3 is 0 Å². The van der Waals surface area contributed by atoms with Crippen LogP contribution < -0.4 is 0 Å². The minimum Gasteiger partial charge on any atom is -0.291 e. The van der Waals surface area contributed by atoms with E-state index < -0.39 is 24.3 Å². The average Bonchev–Trinajstić information content (AvgIpc) is 2.88. The molecule has 3 atom stereocenters. The average molecular weight is 708 g/mol. The van der Waals surface area contributed by atoms with Crippen LogP contribution in [0.3, 0.4) is 0 Å². The zero-order valence-corrected chi connectivity index (χ0v) is 27.0. The van der Waals surface area contributed by atoms with Crippen molar-refractivity contribution in [2.45, 2.75) is 36.7 Å². The van der Waals surface area contributed by atoms with Gasteiger partial charge in [0.25, 0.3) is 0 Å². The van der Waals surface area contributed by atoms with Crippen molar-refractivity contribution in [2.24, 2.45) is 0 Å². The fraction of sp³-hybridized carbons (Fsp3) is 0.222. The Bertz CT molecular complexity index is 1410. The first-order valence-electron chi connectivity index (χ1n) is 11.6. The first kappa shape index (κ1) is 33.9. The van der Waals surface area contributed by atoms with Gasteiger partial charge in [0.05, 0.1) is 42.7 Å². The molecule has 3 rings (SSSR count). The van der Waals surface area contributed by atoms with E-state index in [1.54, 1.807) is 36.4 Å². The third-order valence-electron chi connectivity index (χ3n) is 5.53. The van der Waals surface area contributed by atoms with Crippen LogP contribution in [0.25, 0.3) is 0 Å². The Labute approximate surface area is 271 Å². The van der Waals surface area contributed by atoms with E-state index in [-0.39, 0.29) is 34.3 Å². The van der Waals surface area contributed by atoms with Gasteiger partial charge in [-0.05, 0) is 53.3 Å². The van der Waals surface area contributed by atoms with Crippen molar-refractivity contribution < 1.29 is 13.6 Å². The third kappa shape index (κ3) is 9.43. The molecule has 3 unspecified atom stereocenters. The highest BCUT2D eigenvalue weighted by atomic mass is 35.5. The van der Waals surface area contributed by atoms with Crippen molar-refractivity contribution in [3.63, 3.8) is 0 Å². The summed E-state index contributed by atoms with van der Waals surface area (Å²) in [6.45, 7) is -4.38. The molecular formula is C27H18Cl6N3O3PS. The first-order valence-corrected chi connectivity index (χ1v) is 16.9. The van der Waals surface area contributed by atoms with Crippen LogP contribution in [0.2, 0.25) is 30.1 Å². The smallest absolute Gasteiger partial charge is 0.291 e. The molecule has 41 heavy (non-hydrogen) atoms. The van der Waals surface area contributed by atoms with E-state index in [9.17, 15) is 20.4 Å². The van der Waals surface area contributed by atoms with E-state index in [2.05, 4.69) is 6.07 Å². The van der Waals surface area contributed by atoms with Gasteiger partial charge in [0.1, 0.15) is 12.2 Å². The van der Waals surface area contributed by atoms with E-state index in [0.29, 0.717) is 43.1 Å². The van der Waals surface area contributed by atoms with Crippen molar-refractivity contribution in [2.75, 3.05) is 0 Å². The third-order valence-corrected chi connectivity index (χ3v) is 11.2. The van der Waals surface area contributed by atoms with Crippen LogP contribution in [-0.2, 0) is 13.6 Å². The van der Waals surface area contributed by atoms with Gasteiger partial charge in [0.15, 0.2) is 0 Å². The number of nitrogens with zero attached hydrogens (tertiary/aromatic N) is 3. The molecule has 3 aromatic carbocycles. The summed E-state index contributed by atoms with van der Waals surface area (Å²) >= 11 is 38.1. The standard InChI is InChI=1S/C27H18Cl6N3O3PS/c28-16-1-4-19(22(31)13-16)25(7-10-34)38-40(37,39-26(8-11-35)20-5-2-17(29)14-23(20)32)41-27(9-12-36)21-6-3-18(30)15-24(21)33/h1-6,13-15,25-27H,7-9H2. The maximum atomic E-state index is 14.7. The maximum absolute atomic E-state index is 14.7. The topological polar surface area (TPSA) is 107 Å². The molecule has 6 nitrogen and oxygen atoms in total. The summed E-state index contributed by atoms with van der Waals surface area (Å²) in [7, 11) is 0. The molecule has 0 heterocycles. The van der Waals surface area contributed by atoms with Gasteiger partial charge in [-0.25, -0.2) is 4.57 Å². The van der Waals surface area contributed by atoms with Crippen LogP contribution in [-0.4, -0.2) is 0 Å². The predicted octanol–water partition coefficient (Wildman–Crippen LogP) is 11.7. The number of hydrogen-bond donors (Lipinski definition) is 0. The Balaban J connectivity index is 2.13. The van der Waals surface area contributed by atoms with Crippen molar-refractivity contribution >= 4 is 87.8 Å². The molecule has 3 aromatic rings. The lowest BCUT2D eigenvalue weighted by Crippen LogP contribution is -2.09. The van der Waals surface area contributed by atoms with E-state index in [1.807, 2.05) is 12.1 Å². The normalized spacial score (nSPS) is 14.6. The van der Waals surface area contributed by atoms with Crippen LogP contribution in [0, 0.1) is 34.0 Å². The highest BCUT2D eigenvalue weighted by Crippen LogP contribution is 2.70. The molecule has 0 fully saturated rings. The number of nitriles is 3. The Hall–Kier alpha value is -1.63. The minimum absolute atomic E-state index is 0.141. The van der Waals surface area contributed by atoms with Crippen LogP contribution in [0.5, 0.6) is 0 Å². The number of halogens is 6. The Morgan fingerprint density at radius 2 is 1.00 bits per heavy atom. The molecule has 0 spiro atoms. The van der Waals surface area contributed by atoms with E-state index in [1.165, 1.54) is 18.2 Å². The molecule has 0 bridgehead atoms. The molecule has 0 N–H and O–H groups in total. The highest BCUT2D eigenvalue weighted by Gasteiger charge is 2.39. The summed E-state index contributed by atoms with van der Waals surface area (Å²) in [5.74, 6) is 0. The van der Waals surface area contributed by atoms with Crippen LogP contribution in [0.15, 0.2) is 54.6 Å². The molecule has 14 heteroatoms. The van der Waals surface area contributed by atoms with E-state index in [0.717, 1.165) is 0 Å². The van der Waals surface area contributed by atoms with Gasteiger partial charge in [-0.3, -0.25) is 9.05 Å². The zero-order chi connectivity index (χ0) is 30.2. The summed E-state index contributed by atoms with van der Waals surface area (Å²) in [5, 5.41) is 29.6. The lowest BCUT2D eigenvalue weighted by molar-refractivity contribution is 0.128. The monoisotopic (exact) mass is 705 g/mol. The minimum atomic E-state index is -4.38. The fourth-order valence-electron chi connectivity index (χ4n) is 3.69. The second kappa shape index (κ2) is 15.7. The molecule has 212 valence electrons. The van der Waals surface area contributed by atoms with Crippen molar-refractivity contribution in [3.8, 4) is 18.2 Å². The number of hydrogen-bond acceptors (Lipinski definition) is 7. The molecule has 0 amide bonds. The Kier molecular flexibility index (Phi) is 13.0. The molecule has 0 aliphatic carbocycles. The van der Waals surface area contributed by atoms with Crippen LogP contribution >= 0.6 is 87.8 Å². The second-order valence-electron chi connectivity index (χ2n) is 8.31. The highest BCUT2D eigenvalue weighted by molar-refractivity contribution is 8.55. The van der Waals surface area contributed by atoms with E-state index >= 15 is 0 Å². The van der Waals surface area contributed by atoms with E-state index in [4.69, 9.17) is 78.7 Å². The fourth-order valence-corrected chi connectivity index (χ4v) is 9.71. The van der Waals surface area contributed by atoms with Gasteiger partial charge in [-0.2, -0.15) is 15.8 Å². The summed E-state index contributed by atoms with van der Waals surface area (Å²) in [6, 6.07) is 19.9. The summed E-state index contributed by atoms with van der Waals surface area (Å²) < 4.78 is 26.9. The van der Waals surface area contributed by atoms with Crippen molar-refractivity contribution in [1.82, 2.24) is 0 Å². The quantitative estimate of drug-likeness (QED) is 0.172. The summed E-state index contributed by atoms with van der Waals surface area (Å²) in [4.78, 5) is 0. The largest absolute Gasteiger partial charge is 0.391 e. The molecule has 0 saturated heterocycles. The molecule has 0 aliphatic rings. The lowest BCUT2D eigenvalue weighted by atomic mass is 10.1. The van der Waals surface area contributed by atoms with Gasteiger partial charge in [-0.1, -0.05) is 87.8 Å². The lowest BCUT2D eigenvalue weighted by Gasteiger charge is -2.29. The first-order chi connectivity index (χ1) is 19.5.